The number of aromatic carboxylic acids is 1. The molecule has 0 spiro atoms. The van der Waals surface area contributed by atoms with E-state index >= 15 is 0 Å². The summed E-state index contributed by atoms with van der Waals surface area (Å²) in [5, 5.41) is 9.06. The molecule has 106 valence electrons. The van der Waals surface area contributed by atoms with Crippen molar-refractivity contribution in [1.82, 2.24) is 0 Å². The summed E-state index contributed by atoms with van der Waals surface area (Å²) < 4.78 is 5.55. The van der Waals surface area contributed by atoms with Crippen molar-refractivity contribution in [2.75, 3.05) is 6.61 Å². The zero-order valence-corrected chi connectivity index (χ0v) is 12.1. The molecule has 0 aromatic heterocycles. The smallest absolute Gasteiger partial charge is 0.337 e. The van der Waals surface area contributed by atoms with Gasteiger partial charge in [-0.2, -0.15) is 0 Å². The highest BCUT2D eigenvalue weighted by atomic mass is 35.5. The Balaban J connectivity index is 2.26. The topological polar surface area (TPSA) is 46.5 Å². The fourth-order valence-electron chi connectivity index (χ4n) is 1.83. The highest BCUT2D eigenvalue weighted by Crippen LogP contribution is 2.22. The van der Waals surface area contributed by atoms with Crippen LogP contribution in [0.1, 0.15) is 55.8 Å². The second-order valence-corrected chi connectivity index (χ2v) is 4.97. The molecule has 0 radical (unpaired) electrons. The van der Waals surface area contributed by atoms with Crippen molar-refractivity contribution in [2.45, 2.75) is 45.4 Å². The average Bonchev–Trinajstić information content (AvgIpc) is 2.37. The van der Waals surface area contributed by atoms with E-state index in [1.807, 2.05) is 0 Å². The third kappa shape index (κ3) is 5.97. The highest BCUT2D eigenvalue weighted by molar-refractivity contribution is 6.33. The van der Waals surface area contributed by atoms with E-state index in [0.717, 1.165) is 6.42 Å². The number of carboxylic acid groups (broad SMARTS) is 1. The molecule has 0 atom stereocenters. The molecule has 0 unspecified atom stereocenters. The number of unbranched alkanes of at least 4 members (excludes halogenated alkanes) is 5. The van der Waals surface area contributed by atoms with Gasteiger partial charge in [-0.15, -0.1) is 0 Å². The van der Waals surface area contributed by atoms with Crippen LogP contribution in [0.15, 0.2) is 18.2 Å². The number of rotatable bonds is 9. The number of benzene rings is 1. The van der Waals surface area contributed by atoms with Crippen LogP contribution in [0, 0.1) is 0 Å². The Morgan fingerprint density at radius 2 is 1.89 bits per heavy atom. The molecular formula is C15H21ClO3. The lowest BCUT2D eigenvalue weighted by atomic mass is 10.1. The molecule has 0 saturated carbocycles. The molecule has 0 aliphatic heterocycles. The Kier molecular flexibility index (Phi) is 7.34. The summed E-state index contributed by atoms with van der Waals surface area (Å²) in [6, 6.07) is 4.68. The molecule has 0 aliphatic carbocycles. The van der Waals surface area contributed by atoms with Gasteiger partial charge in [-0.3, -0.25) is 0 Å². The van der Waals surface area contributed by atoms with Crippen LogP contribution in [-0.2, 0) is 0 Å². The third-order valence-electron chi connectivity index (χ3n) is 2.94. The van der Waals surface area contributed by atoms with Gasteiger partial charge in [-0.25, -0.2) is 4.79 Å². The summed E-state index contributed by atoms with van der Waals surface area (Å²) in [7, 11) is 0. The SMILES string of the molecule is CCCCCCCCOc1ccc(C(=O)O)c(Cl)c1. The lowest BCUT2D eigenvalue weighted by Gasteiger charge is -2.07. The van der Waals surface area contributed by atoms with E-state index in [4.69, 9.17) is 21.4 Å². The fraction of sp³-hybridized carbons (Fsp3) is 0.533. The Bertz CT molecular complexity index is 404. The van der Waals surface area contributed by atoms with Crippen LogP contribution >= 0.6 is 11.6 Å². The van der Waals surface area contributed by atoms with Gasteiger partial charge in [-0.1, -0.05) is 50.6 Å². The van der Waals surface area contributed by atoms with Crippen molar-refractivity contribution in [3.63, 3.8) is 0 Å². The second kappa shape index (κ2) is 8.81. The summed E-state index contributed by atoms with van der Waals surface area (Å²) in [6.45, 7) is 2.85. The molecule has 0 fully saturated rings. The lowest BCUT2D eigenvalue weighted by Crippen LogP contribution is -2.00. The normalized spacial score (nSPS) is 10.4. The molecule has 0 amide bonds. The van der Waals surface area contributed by atoms with Crippen LogP contribution in [0.25, 0.3) is 0 Å². The maximum absolute atomic E-state index is 10.8. The molecule has 19 heavy (non-hydrogen) atoms. The molecule has 3 nitrogen and oxygen atoms in total. The molecule has 0 saturated heterocycles. The fourth-order valence-corrected chi connectivity index (χ4v) is 2.08. The minimum absolute atomic E-state index is 0.105. The maximum atomic E-state index is 10.8. The van der Waals surface area contributed by atoms with Crippen LogP contribution < -0.4 is 4.74 Å². The first-order chi connectivity index (χ1) is 9.15. The Morgan fingerprint density at radius 1 is 1.21 bits per heavy atom. The van der Waals surface area contributed by atoms with Crippen LogP contribution in [-0.4, -0.2) is 17.7 Å². The minimum atomic E-state index is -1.02. The molecule has 1 N–H and O–H groups in total. The minimum Gasteiger partial charge on any atom is -0.494 e. The van der Waals surface area contributed by atoms with Gasteiger partial charge >= 0.3 is 5.97 Å². The van der Waals surface area contributed by atoms with Gasteiger partial charge in [0.15, 0.2) is 0 Å². The predicted octanol–water partition coefficient (Wildman–Crippen LogP) is 4.78. The first-order valence-electron chi connectivity index (χ1n) is 6.80. The van der Waals surface area contributed by atoms with Gasteiger partial charge in [-0.05, 0) is 24.6 Å². The number of halogens is 1. The van der Waals surface area contributed by atoms with Crippen LogP contribution in [0.5, 0.6) is 5.75 Å². The maximum Gasteiger partial charge on any atom is 0.337 e. The quantitative estimate of drug-likeness (QED) is 0.664. The lowest BCUT2D eigenvalue weighted by molar-refractivity contribution is 0.0697. The number of hydrogen-bond acceptors (Lipinski definition) is 2. The van der Waals surface area contributed by atoms with Crippen molar-refractivity contribution in [2.24, 2.45) is 0 Å². The van der Waals surface area contributed by atoms with Crippen LogP contribution in [0.2, 0.25) is 5.02 Å². The number of carboxylic acids is 1. The Labute approximate surface area is 119 Å². The monoisotopic (exact) mass is 284 g/mol. The summed E-state index contributed by atoms with van der Waals surface area (Å²) in [4.78, 5) is 10.8. The molecule has 0 heterocycles. The van der Waals surface area contributed by atoms with E-state index in [1.54, 1.807) is 12.1 Å². The summed E-state index contributed by atoms with van der Waals surface area (Å²) in [5.41, 5.74) is 0.105. The first-order valence-corrected chi connectivity index (χ1v) is 7.18. The predicted molar refractivity (Wildman–Crippen MR) is 77.3 cm³/mol. The van der Waals surface area contributed by atoms with Crippen LogP contribution in [0.4, 0.5) is 0 Å². The summed E-state index contributed by atoms with van der Waals surface area (Å²) in [6.07, 6.45) is 7.27. The van der Waals surface area contributed by atoms with Gasteiger partial charge in [0.25, 0.3) is 0 Å². The van der Waals surface area contributed by atoms with Crippen molar-refractivity contribution in [3.05, 3.63) is 28.8 Å². The summed E-state index contributed by atoms with van der Waals surface area (Å²) >= 11 is 5.86. The van der Waals surface area contributed by atoms with Crippen molar-refractivity contribution in [3.8, 4) is 5.75 Å². The average molecular weight is 285 g/mol. The van der Waals surface area contributed by atoms with E-state index in [-0.39, 0.29) is 10.6 Å². The van der Waals surface area contributed by atoms with Crippen molar-refractivity contribution >= 4 is 17.6 Å². The van der Waals surface area contributed by atoms with Gasteiger partial charge in [0.2, 0.25) is 0 Å². The van der Waals surface area contributed by atoms with Gasteiger partial charge in [0.05, 0.1) is 17.2 Å². The highest BCUT2D eigenvalue weighted by Gasteiger charge is 2.09. The largest absolute Gasteiger partial charge is 0.494 e. The first kappa shape index (κ1) is 15.8. The summed E-state index contributed by atoms with van der Waals surface area (Å²) in [5.74, 6) is -0.393. The zero-order valence-electron chi connectivity index (χ0n) is 11.3. The molecule has 1 aromatic rings. The number of hydrogen-bond donors (Lipinski definition) is 1. The molecule has 1 rings (SSSR count). The van der Waals surface area contributed by atoms with E-state index in [2.05, 4.69) is 6.92 Å². The van der Waals surface area contributed by atoms with Crippen molar-refractivity contribution in [1.29, 1.82) is 0 Å². The molecule has 0 bridgehead atoms. The van der Waals surface area contributed by atoms with Gasteiger partial charge < -0.3 is 9.84 Å². The second-order valence-electron chi connectivity index (χ2n) is 4.56. The Hall–Kier alpha value is -1.22. The molecule has 1 aromatic carbocycles. The number of ether oxygens (including phenoxy) is 1. The van der Waals surface area contributed by atoms with Crippen LogP contribution in [0.3, 0.4) is 0 Å². The standard InChI is InChI=1S/C15H21ClO3/c1-2-3-4-5-6-7-10-19-12-8-9-13(15(17)18)14(16)11-12/h8-9,11H,2-7,10H2,1H3,(H,17,18). The van der Waals surface area contributed by atoms with E-state index < -0.39 is 5.97 Å². The van der Waals surface area contributed by atoms with Crippen molar-refractivity contribution < 1.29 is 14.6 Å². The van der Waals surface area contributed by atoms with Gasteiger partial charge in [0.1, 0.15) is 5.75 Å². The van der Waals surface area contributed by atoms with Gasteiger partial charge in [0, 0.05) is 0 Å². The van der Waals surface area contributed by atoms with E-state index in [0.29, 0.717) is 12.4 Å². The molecule has 0 aliphatic rings. The Morgan fingerprint density at radius 3 is 2.53 bits per heavy atom. The zero-order chi connectivity index (χ0) is 14.1. The number of carbonyl (C=O) groups is 1. The molecule has 4 heteroatoms. The third-order valence-corrected chi connectivity index (χ3v) is 3.25. The molecular weight excluding hydrogens is 264 g/mol. The van der Waals surface area contributed by atoms with E-state index in [9.17, 15) is 4.79 Å². The van der Waals surface area contributed by atoms with E-state index in [1.165, 1.54) is 38.2 Å².